The number of fused-ring (bicyclic) bond motifs is 1. The average Bonchev–Trinajstić information content (AvgIpc) is 2.74. The molecule has 7 nitrogen and oxygen atoms in total. The van der Waals surface area contributed by atoms with Crippen LogP contribution in [0.15, 0.2) is 42.5 Å². The number of halogens is 1. The van der Waals surface area contributed by atoms with Crippen molar-refractivity contribution in [1.82, 2.24) is 10.2 Å². The van der Waals surface area contributed by atoms with Gasteiger partial charge in [-0.25, -0.2) is 4.39 Å². The molecule has 1 amide bonds. The molecule has 3 aliphatic rings. The number of anilines is 1. The lowest BCUT2D eigenvalue weighted by Crippen LogP contribution is -2.56. The molecule has 1 unspecified atom stereocenters. The highest BCUT2D eigenvalue weighted by Crippen LogP contribution is 2.32. The molecule has 2 saturated heterocycles. The molecule has 0 saturated carbocycles. The Labute approximate surface area is 180 Å². The largest absolute Gasteiger partial charge is 0.468 e. The maximum Gasteiger partial charge on any atom is 0.254 e. The molecule has 3 aliphatic heterocycles. The van der Waals surface area contributed by atoms with Gasteiger partial charge in [0.2, 0.25) is 0 Å². The maximum absolute atomic E-state index is 13.1. The van der Waals surface area contributed by atoms with Crippen LogP contribution in [0, 0.1) is 5.82 Å². The Morgan fingerprint density at radius 2 is 1.81 bits per heavy atom. The van der Waals surface area contributed by atoms with Gasteiger partial charge in [-0.3, -0.25) is 9.69 Å². The number of benzene rings is 2. The van der Waals surface area contributed by atoms with Crippen LogP contribution in [0.4, 0.5) is 10.1 Å². The molecule has 2 atom stereocenters. The van der Waals surface area contributed by atoms with Crippen molar-refractivity contribution in [3.05, 3.63) is 59.4 Å². The van der Waals surface area contributed by atoms with E-state index in [1.807, 2.05) is 12.1 Å². The zero-order valence-electron chi connectivity index (χ0n) is 17.2. The zero-order chi connectivity index (χ0) is 21.4. The minimum Gasteiger partial charge on any atom is -0.468 e. The van der Waals surface area contributed by atoms with Crippen molar-refractivity contribution in [2.24, 2.45) is 0 Å². The zero-order valence-corrected chi connectivity index (χ0v) is 17.2. The second-order valence-electron chi connectivity index (χ2n) is 8.30. The first-order chi connectivity index (χ1) is 15.1. The number of amides is 1. The van der Waals surface area contributed by atoms with E-state index in [1.54, 1.807) is 0 Å². The molecule has 31 heavy (non-hydrogen) atoms. The summed E-state index contributed by atoms with van der Waals surface area (Å²) in [6.45, 7) is 5.62. The predicted molar refractivity (Wildman–Crippen MR) is 113 cm³/mol. The van der Waals surface area contributed by atoms with Gasteiger partial charge in [0.25, 0.3) is 5.91 Å². The van der Waals surface area contributed by atoms with Crippen LogP contribution in [0.2, 0.25) is 0 Å². The Hall–Kier alpha value is -2.68. The van der Waals surface area contributed by atoms with Gasteiger partial charge in [0.05, 0.1) is 19.3 Å². The van der Waals surface area contributed by atoms with Crippen molar-refractivity contribution in [1.29, 1.82) is 0 Å². The van der Waals surface area contributed by atoms with Crippen LogP contribution in [-0.2, 0) is 11.2 Å². The van der Waals surface area contributed by atoms with Crippen LogP contribution >= 0.6 is 0 Å². The third-order valence-electron chi connectivity index (χ3n) is 6.27. The van der Waals surface area contributed by atoms with Crippen molar-refractivity contribution in [3.8, 4) is 5.75 Å². The van der Waals surface area contributed by atoms with Crippen molar-refractivity contribution >= 4 is 11.6 Å². The fourth-order valence-electron chi connectivity index (χ4n) is 4.30. The number of aliphatic hydroxyl groups excluding tert-OH is 1. The third kappa shape index (κ3) is 4.23. The predicted octanol–water partition coefficient (Wildman–Crippen LogP) is 1.40. The molecule has 8 heteroatoms. The van der Waals surface area contributed by atoms with Gasteiger partial charge in [0, 0.05) is 43.9 Å². The van der Waals surface area contributed by atoms with Crippen LogP contribution in [0.3, 0.4) is 0 Å². The molecule has 2 N–H and O–H groups in total. The van der Waals surface area contributed by atoms with Crippen LogP contribution in [0.25, 0.3) is 0 Å². The molecule has 2 fully saturated rings. The Morgan fingerprint density at radius 3 is 2.48 bits per heavy atom. The van der Waals surface area contributed by atoms with Gasteiger partial charge < -0.3 is 24.8 Å². The van der Waals surface area contributed by atoms with E-state index in [-0.39, 0.29) is 0 Å². The summed E-state index contributed by atoms with van der Waals surface area (Å²) in [5.74, 6) is -0.170. The quantitative estimate of drug-likeness (QED) is 0.769. The second kappa shape index (κ2) is 8.45. The summed E-state index contributed by atoms with van der Waals surface area (Å²) in [7, 11) is 0. The highest BCUT2D eigenvalue weighted by Gasteiger charge is 2.32. The van der Waals surface area contributed by atoms with Gasteiger partial charge >= 0.3 is 0 Å². The minimum atomic E-state index is -0.873. The lowest BCUT2D eigenvalue weighted by molar-refractivity contribution is -0.0660. The summed E-state index contributed by atoms with van der Waals surface area (Å²) in [6.07, 6.45) is -1.34. The van der Waals surface area contributed by atoms with Crippen molar-refractivity contribution < 1.29 is 23.8 Å². The number of hydrogen-bond donors (Lipinski definition) is 2. The highest BCUT2D eigenvalue weighted by atomic mass is 19.1. The molecular formula is C23H26FN3O4. The minimum absolute atomic E-state index is 0.311. The van der Waals surface area contributed by atoms with Crippen LogP contribution in [-0.4, -0.2) is 73.7 Å². The van der Waals surface area contributed by atoms with Crippen LogP contribution < -0.4 is 15.0 Å². The molecule has 0 radical (unpaired) electrons. The first-order valence-corrected chi connectivity index (χ1v) is 10.7. The number of carbonyl (C=O) groups is 1. The number of nitrogens with one attached hydrogen (secondary N) is 1. The lowest BCUT2D eigenvalue weighted by Gasteiger charge is -2.43. The summed E-state index contributed by atoms with van der Waals surface area (Å²) in [5.41, 5.74) is 2.35. The molecule has 164 valence electrons. The van der Waals surface area contributed by atoms with E-state index in [1.165, 1.54) is 24.3 Å². The summed E-state index contributed by atoms with van der Waals surface area (Å²) in [5, 5.41) is 13.2. The van der Waals surface area contributed by atoms with E-state index >= 15 is 0 Å². The van der Waals surface area contributed by atoms with E-state index in [0.717, 1.165) is 50.6 Å². The smallest absolute Gasteiger partial charge is 0.254 e. The number of rotatable bonds is 4. The lowest BCUT2D eigenvalue weighted by atomic mass is 10.0. The number of piperazine rings is 1. The average molecular weight is 427 g/mol. The molecule has 0 bridgehead atoms. The molecule has 0 aromatic heterocycles. The van der Waals surface area contributed by atoms with Crippen LogP contribution in [0.5, 0.6) is 5.75 Å². The highest BCUT2D eigenvalue weighted by molar-refractivity contribution is 5.94. The number of ether oxygens (including phenoxy) is 2. The van der Waals surface area contributed by atoms with Crippen molar-refractivity contribution in [2.75, 3.05) is 44.3 Å². The maximum atomic E-state index is 13.1. The normalized spacial score (nSPS) is 24.1. The van der Waals surface area contributed by atoms with Crippen LogP contribution in [0.1, 0.15) is 15.9 Å². The Morgan fingerprint density at radius 1 is 1.06 bits per heavy atom. The van der Waals surface area contributed by atoms with Gasteiger partial charge in [0.15, 0.2) is 6.23 Å². The van der Waals surface area contributed by atoms with Gasteiger partial charge in [0.1, 0.15) is 17.7 Å². The van der Waals surface area contributed by atoms with Gasteiger partial charge in [-0.2, -0.15) is 0 Å². The summed E-state index contributed by atoms with van der Waals surface area (Å²) in [6, 6.07) is 11.8. The van der Waals surface area contributed by atoms with Gasteiger partial charge in [-0.1, -0.05) is 0 Å². The summed E-state index contributed by atoms with van der Waals surface area (Å²) < 4.78 is 24.2. The Bertz CT molecular complexity index is 942. The Balaban J connectivity index is 1.22. The number of hydrogen-bond acceptors (Lipinski definition) is 6. The van der Waals surface area contributed by atoms with Crippen molar-refractivity contribution in [2.45, 2.75) is 24.8 Å². The standard InChI is InChI=1S/C23H26FN3O4/c24-17-3-1-15(2-4-17)22(29)25-23-20(28)12-16-11-18(5-6-21(16)31-23)26-7-9-27(10-8-26)19-13-30-14-19/h1-6,11,19-20,23,28H,7-10,12-14H2,(H,25,29)/t20-,23?/m1/s1. The number of carbonyl (C=O) groups excluding carboxylic acids is 1. The fourth-order valence-corrected chi connectivity index (χ4v) is 4.30. The molecule has 5 rings (SSSR count). The molecule has 0 aliphatic carbocycles. The SMILES string of the molecule is O=C(NC1Oc2ccc(N3CCN(C4COC4)CC3)cc2C[C@H]1O)c1ccc(F)cc1. The van der Waals surface area contributed by atoms with Crippen molar-refractivity contribution in [3.63, 3.8) is 0 Å². The third-order valence-corrected chi connectivity index (χ3v) is 6.27. The topological polar surface area (TPSA) is 74.3 Å². The van der Waals surface area contributed by atoms with E-state index in [2.05, 4.69) is 21.2 Å². The number of nitrogens with zero attached hydrogens (tertiary/aromatic N) is 2. The van der Waals surface area contributed by atoms with Gasteiger partial charge in [-0.05, 0) is 48.0 Å². The molecule has 2 aromatic carbocycles. The van der Waals surface area contributed by atoms with E-state index in [0.29, 0.717) is 23.8 Å². The summed E-state index contributed by atoms with van der Waals surface area (Å²) in [4.78, 5) is 17.2. The Kier molecular flexibility index (Phi) is 5.52. The fraction of sp³-hybridized carbons (Fsp3) is 0.435. The summed E-state index contributed by atoms with van der Waals surface area (Å²) >= 11 is 0. The molecule has 2 aromatic rings. The first-order valence-electron chi connectivity index (χ1n) is 10.7. The number of aliphatic hydroxyl groups is 1. The monoisotopic (exact) mass is 427 g/mol. The first kappa shape index (κ1) is 20.2. The molecular weight excluding hydrogens is 401 g/mol. The molecule has 0 spiro atoms. The van der Waals surface area contributed by atoms with E-state index in [9.17, 15) is 14.3 Å². The van der Waals surface area contributed by atoms with E-state index < -0.39 is 24.1 Å². The second-order valence-corrected chi connectivity index (χ2v) is 8.30. The van der Waals surface area contributed by atoms with Gasteiger partial charge in [-0.15, -0.1) is 0 Å². The van der Waals surface area contributed by atoms with E-state index in [4.69, 9.17) is 9.47 Å². The molecule has 3 heterocycles.